The summed E-state index contributed by atoms with van der Waals surface area (Å²) in [6.07, 6.45) is 0.320. The van der Waals surface area contributed by atoms with E-state index in [-0.39, 0.29) is 6.09 Å². The molecular formula is C25H31BrFN3O4. The number of aromatic nitrogens is 2. The van der Waals surface area contributed by atoms with Crippen LogP contribution in [0.1, 0.15) is 27.2 Å². The number of hydrogen-bond acceptors (Lipinski definition) is 5. The second-order valence-corrected chi connectivity index (χ2v) is 9.91. The molecule has 0 atom stereocenters. The molecule has 3 rings (SSSR count). The lowest BCUT2D eigenvalue weighted by Gasteiger charge is -2.24. The Morgan fingerprint density at radius 2 is 1.91 bits per heavy atom. The van der Waals surface area contributed by atoms with Crippen LogP contribution in [-0.2, 0) is 16.5 Å². The van der Waals surface area contributed by atoms with Gasteiger partial charge in [0.05, 0.1) is 12.1 Å². The van der Waals surface area contributed by atoms with Crippen molar-refractivity contribution in [3.8, 4) is 17.0 Å². The third kappa shape index (κ3) is 6.93. The van der Waals surface area contributed by atoms with E-state index in [0.29, 0.717) is 49.8 Å². The van der Waals surface area contributed by atoms with Gasteiger partial charge in [-0.1, -0.05) is 15.9 Å². The van der Waals surface area contributed by atoms with Crippen molar-refractivity contribution in [3.05, 3.63) is 46.7 Å². The molecule has 0 saturated heterocycles. The summed E-state index contributed by atoms with van der Waals surface area (Å²) in [6.45, 7) is 7.16. The first kappa shape index (κ1) is 26.0. The minimum absolute atomic E-state index is 0.293. The van der Waals surface area contributed by atoms with Crippen molar-refractivity contribution in [2.75, 3.05) is 33.4 Å². The van der Waals surface area contributed by atoms with Crippen molar-refractivity contribution in [1.82, 2.24) is 14.7 Å². The molecule has 0 aliphatic carbocycles. The van der Waals surface area contributed by atoms with Gasteiger partial charge in [-0.05, 0) is 57.5 Å². The summed E-state index contributed by atoms with van der Waals surface area (Å²) in [5.74, 6) is 0.0315. The van der Waals surface area contributed by atoms with E-state index >= 15 is 0 Å². The third-order valence-corrected chi connectivity index (χ3v) is 5.49. The Hall–Kier alpha value is -2.65. The number of halogens is 2. The lowest BCUT2D eigenvalue weighted by atomic mass is 10.1. The van der Waals surface area contributed by atoms with Crippen molar-refractivity contribution >= 4 is 32.9 Å². The summed E-state index contributed by atoms with van der Waals surface area (Å²) in [6, 6.07) is 10.6. The molecule has 0 unspecified atom stereocenters. The molecule has 0 fully saturated rings. The molecule has 3 aromatic rings. The van der Waals surface area contributed by atoms with Crippen LogP contribution in [0, 0.1) is 5.82 Å². The number of hydrogen-bond donors (Lipinski definition) is 0. The molecule has 0 aliphatic rings. The quantitative estimate of drug-likeness (QED) is 0.324. The maximum atomic E-state index is 14.9. The Morgan fingerprint density at radius 3 is 2.62 bits per heavy atom. The summed E-state index contributed by atoms with van der Waals surface area (Å²) >= 11 is 3.46. The summed E-state index contributed by atoms with van der Waals surface area (Å²) in [7, 11) is 3.53. The monoisotopic (exact) mass is 535 g/mol. The van der Waals surface area contributed by atoms with E-state index < -0.39 is 11.4 Å². The number of carbonyl (C=O) groups is 1. The van der Waals surface area contributed by atoms with Crippen LogP contribution in [0.4, 0.5) is 9.18 Å². The number of amides is 1. The highest BCUT2D eigenvalue weighted by Crippen LogP contribution is 2.32. The van der Waals surface area contributed by atoms with Gasteiger partial charge in [0.25, 0.3) is 0 Å². The molecule has 0 N–H and O–H groups in total. The van der Waals surface area contributed by atoms with Gasteiger partial charge in [0.15, 0.2) is 0 Å². The average Bonchev–Trinajstić information content (AvgIpc) is 3.07. The minimum atomic E-state index is -0.514. The van der Waals surface area contributed by atoms with E-state index in [4.69, 9.17) is 14.2 Å². The second-order valence-electron chi connectivity index (χ2n) is 8.99. The predicted molar refractivity (Wildman–Crippen MR) is 134 cm³/mol. The van der Waals surface area contributed by atoms with E-state index in [0.717, 1.165) is 15.4 Å². The van der Waals surface area contributed by atoms with Crippen LogP contribution >= 0.6 is 15.9 Å². The highest BCUT2D eigenvalue weighted by molar-refractivity contribution is 9.10. The molecule has 184 valence electrons. The first-order chi connectivity index (χ1) is 16.0. The van der Waals surface area contributed by atoms with Gasteiger partial charge in [-0.15, -0.1) is 0 Å². The maximum absolute atomic E-state index is 14.9. The van der Waals surface area contributed by atoms with Crippen LogP contribution in [0.5, 0.6) is 5.75 Å². The first-order valence-corrected chi connectivity index (χ1v) is 11.9. The van der Waals surface area contributed by atoms with Crippen LogP contribution in [0.25, 0.3) is 22.2 Å². The molecule has 34 heavy (non-hydrogen) atoms. The van der Waals surface area contributed by atoms with Crippen LogP contribution < -0.4 is 4.74 Å². The van der Waals surface area contributed by atoms with Crippen molar-refractivity contribution in [3.63, 3.8) is 0 Å². The van der Waals surface area contributed by atoms with Crippen molar-refractivity contribution < 1.29 is 23.4 Å². The first-order valence-electron chi connectivity index (χ1n) is 11.1. The number of aryl methyl sites for hydroxylation is 1. The Balaban J connectivity index is 1.44. The lowest BCUT2D eigenvalue weighted by Crippen LogP contribution is -2.35. The van der Waals surface area contributed by atoms with E-state index in [1.807, 2.05) is 46.0 Å². The largest absolute Gasteiger partial charge is 0.491 e. The number of ether oxygens (including phenoxy) is 3. The molecule has 1 heterocycles. The Bertz CT molecular complexity index is 1140. The van der Waals surface area contributed by atoms with Crippen molar-refractivity contribution in [2.45, 2.75) is 32.8 Å². The summed E-state index contributed by atoms with van der Waals surface area (Å²) in [5.41, 5.74) is 1.41. The average molecular weight is 536 g/mol. The van der Waals surface area contributed by atoms with Gasteiger partial charge in [0.1, 0.15) is 29.5 Å². The molecule has 0 spiro atoms. The number of carbonyl (C=O) groups excluding carboxylic acids is 1. The number of rotatable bonds is 9. The van der Waals surface area contributed by atoms with Gasteiger partial charge >= 0.3 is 6.09 Å². The van der Waals surface area contributed by atoms with Gasteiger partial charge in [-0.25, -0.2) is 9.18 Å². The molecule has 0 aliphatic heterocycles. The zero-order valence-electron chi connectivity index (χ0n) is 20.2. The minimum Gasteiger partial charge on any atom is -0.491 e. The zero-order chi connectivity index (χ0) is 24.9. The maximum Gasteiger partial charge on any atom is 0.410 e. The summed E-state index contributed by atoms with van der Waals surface area (Å²) in [5, 5.41) is 5.38. The highest BCUT2D eigenvalue weighted by atomic mass is 79.9. The SMILES string of the molecule is CN(CCCOCCOc1ccc(-c2nn(C)c3cc(Br)ccc23)c(F)c1)C(=O)OC(C)(C)C. The molecule has 7 nitrogen and oxygen atoms in total. The van der Waals surface area contributed by atoms with Gasteiger partial charge in [-0.2, -0.15) is 5.10 Å². The molecule has 1 amide bonds. The molecule has 2 aromatic carbocycles. The molecule has 0 saturated carbocycles. The normalized spacial score (nSPS) is 11.6. The van der Waals surface area contributed by atoms with Gasteiger partial charge in [0.2, 0.25) is 0 Å². The Labute approximate surface area is 207 Å². The highest BCUT2D eigenvalue weighted by Gasteiger charge is 2.19. The molecule has 0 radical (unpaired) electrons. The van der Waals surface area contributed by atoms with Crippen LogP contribution in [0.3, 0.4) is 0 Å². The van der Waals surface area contributed by atoms with Gasteiger partial charge in [-0.3, -0.25) is 4.68 Å². The number of fused-ring (bicyclic) bond motifs is 1. The molecule has 1 aromatic heterocycles. The number of benzene rings is 2. The van der Waals surface area contributed by atoms with Gasteiger partial charge < -0.3 is 19.1 Å². The summed E-state index contributed by atoms with van der Waals surface area (Å²) in [4.78, 5) is 13.4. The van der Waals surface area contributed by atoms with Crippen molar-refractivity contribution in [2.24, 2.45) is 7.05 Å². The van der Waals surface area contributed by atoms with E-state index in [9.17, 15) is 9.18 Å². The molecule has 0 bridgehead atoms. The van der Waals surface area contributed by atoms with Crippen molar-refractivity contribution in [1.29, 1.82) is 0 Å². The second kappa shape index (κ2) is 11.2. The fourth-order valence-corrected chi connectivity index (χ4v) is 3.71. The fourth-order valence-electron chi connectivity index (χ4n) is 3.36. The third-order valence-electron chi connectivity index (χ3n) is 4.99. The predicted octanol–water partition coefficient (Wildman–Crippen LogP) is 5.79. The summed E-state index contributed by atoms with van der Waals surface area (Å²) < 4.78 is 34.0. The Morgan fingerprint density at radius 1 is 1.15 bits per heavy atom. The molecular weight excluding hydrogens is 505 g/mol. The molecule has 9 heteroatoms. The topological polar surface area (TPSA) is 65.8 Å². The van der Waals surface area contributed by atoms with E-state index in [2.05, 4.69) is 21.0 Å². The standard InChI is InChI=1S/C25H31BrFN3O4/c1-25(2,3)34-24(31)29(4)11-6-12-32-13-14-33-18-8-10-19(21(27)16-18)23-20-9-7-17(26)15-22(20)30(5)28-23/h7-10,15-16H,6,11-14H2,1-5H3. The number of nitrogens with zero attached hydrogens (tertiary/aromatic N) is 3. The van der Waals surface area contributed by atoms with E-state index in [1.54, 1.807) is 23.9 Å². The van der Waals surface area contributed by atoms with E-state index in [1.165, 1.54) is 11.0 Å². The lowest BCUT2D eigenvalue weighted by molar-refractivity contribution is 0.0274. The Kier molecular flexibility index (Phi) is 8.54. The smallest absolute Gasteiger partial charge is 0.410 e. The van der Waals surface area contributed by atoms with Gasteiger partial charge in [0, 0.05) is 48.7 Å². The van der Waals surface area contributed by atoms with Crippen LogP contribution in [0.15, 0.2) is 40.9 Å². The van der Waals surface area contributed by atoms with Crippen LogP contribution in [-0.4, -0.2) is 59.8 Å². The zero-order valence-corrected chi connectivity index (χ0v) is 21.8. The fraction of sp³-hybridized carbons (Fsp3) is 0.440. The van der Waals surface area contributed by atoms with Crippen LogP contribution in [0.2, 0.25) is 0 Å².